The molecule has 22 heavy (non-hydrogen) atoms. The van der Waals surface area contributed by atoms with Gasteiger partial charge in [0.1, 0.15) is 10.8 Å². The van der Waals surface area contributed by atoms with Gasteiger partial charge in [0.2, 0.25) is 5.13 Å². The highest BCUT2D eigenvalue weighted by Crippen LogP contribution is 2.27. The molecular formula is C15H12N6S. The van der Waals surface area contributed by atoms with Crippen LogP contribution in [-0.4, -0.2) is 24.7 Å². The SMILES string of the molecule is Nc1nnc(Cn2ccnc2-c2cccc3ncccc23)s1. The largest absolute Gasteiger partial charge is 0.374 e. The fourth-order valence-electron chi connectivity index (χ4n) is 2.46. The van der Waals surface area contributed by atoms with Gasteiger partial charge in [-0.1, -0.05) is 29.5 Å². The molecular weight excluding hydrogens is 296 g/mol. The Morgan fingerprint density at radius 2 is 2.00 bits per heavy atom. The van der Waals surface area contributed by atoms with E-state index in [1.54, 1.807) is 12.4 Å². The van der Waals surface area contributed by atoms with Crippen LogP contribution in [0.5, 0.6) is 0 Å². The minimum atomic E-state index is 0.478. The molecule has 7 heteroatoms. The van der Waals surface area contributed by atoms with Crippen LogP contribution in [0.1, 0.15) is 5.01 Å². The Kier molecular flexibility index (Phi) is 3.05. The van der Waals surface area contributed by atoms with Crippen LogP contribution in [0.15, 0.2) is 48.9 Å². The highest BCUT2D eigenvalue weighted by Gasteiger charge is 2.11. The summed E-state index contributed by atoms with van der Waals surface area (Å²) in [5.74, 6) is 0.882. The van der Waals surface area contributed by atoms with E-state index in [0.29, 0.717) is 11.7 Å². The highest BCUT2D eigenvalue weighted by atomic mass is 32.1. The van der Waals surface area contributed by atoms with Crippen LogP contribution in [0.2, 0.25) is 0 Å². The quantitative estimate of drug-likeness (QED) is 0.629. The van der Waals surface area contributed by atoms with E-state index in [0.717, 1.165) is 27.3 Å². The number of nitrogens with zero attached hydrogens (tertiary/aromatic N) is 5. The summed E-state index contributed by atoms with van der Waals surface area (Å²) in [5.41, 5.74) is 7.65. The standard InChI is InChI=1S/C15H12N6S/c16-15-20-19-13(22-15)9-21-8-7-18-14(21)11-3-1-5-12-10(11)4-2-6-17-12/h1-8H,9H2,(H2,16,20). The van der Waals surface area contributed by atoms with Gasteiger partial charge in [0.25, 0.3) is 0 Å². The molecule has 0 atom stereocenters. The van der Waals surface area contributed by atoms with E-state index in [1.807, 2.05) is 29.0 Å². The molecule has 0 unspecified atom stereocenters. The van der Waals surface area contributed by atoms with E-state index >= 15 is 0 Å². The van der Waals surface area contributed by atoms with Crippen molar-refractivity contribution >= 4 is 27.4 Å². The second-order valence-electron chi connectivity index (χ2n) is 4.79. The van der Waals surface area contributed by atoms with Crippen LogP contribution in [-0.2, 0) is 6.54 Å². The highest BCUT2D eigenvalue weighted by molar-refractivity contribution is 7.15. The van der Waals surface area contributed by atoms with Crippen molar-refractivity contribution in [3.05, 3.63) is 53.9 Å². The molecule has 0 saturated carbocycles. The van der Waals surface area contributed by atoms with Crippen molar-refractivity contribution in [2.75, 3.05) is 5.73 Å². The van der Waals surface area contributed by atoms with Gasteiger partial charge >= 0.3 is 0 Å². The Morgan fingerprint density at radius 1 is 1.05 bits per heavy atom. The van der Waals surface area contributed by atoms with E-state index in [2.05, 4.69) is 32.3 Å². The van der Waals surface area contributed by atoms with Crippen molar-refractivity contribution in [2.45, 2.75) is 6.54 Å². The van der Waals surface area contributed by atoms with Crippen LogP contribution in [0.25, 0.3) is 22.3 Å². The van der Waals surface area contributed by atoms with Crippen LogP contribution in [0, 0.1) is 0 Å². The third-order valence-electron chi connectivity index (χ3n) is 3.39. The lowest BCUT2D eigenvalue weighted by Crippen LogP contribution is -2.01. The van der Waals surface area contributed by atoms with Gasteiger partial charge in [-0.15, -0.1) is 10.2 Å². The monoisotopic (exact) mass is 308 g/mol. The summed E-state index contributed by atoms with van der Waals surface area (Å²) in [7, 11) is 0. The second kappa shape index (κ2) is 5.19. The summed E-state index contributed by atoms with van der Waals surface area (Å²) in [6.07, 6.45) is 5.51. The van der Waals surface area contributed by atoms with Crippen molar-refractivity contribution in [1.29, 1.82) is 0 Å². The number of nitrogen functional groups attached to an aromatic ring is 1. The molecule has 3 aromatic heterocycles. The van der Waals surface area contributed by atoms with Crippen molar-refractivity contribution in [3.8, 4) is 11.4 Å². The number of hydrogen-bond donors (Lipinski definition) is 1. The average molecular weight is 308 g/mol. The molecule has 0 aliphatic rings. The third-order valence-corrected chi connectivity index (χ3v) is 4.13. The first kappa shape index (κ1) is 12.9. The number of fused-ring (bicyclic) bond motifs is 1. The lowest BCUT2D eigenvalue weighted by molar-refractivity contribution is 0.786. The zero-order chi connectivity index (χ0) is 14.9. The molecule has 0 bridgehead atoms. The first-order chi connectivity index (χ1) is 10.8. The van der Waals surface area contributed by atoms with Gasteiger partial charge < -0.3 is 10.3 Å². The molecule has 0 radical (unpaired) electrons. The van der Waals surface area contributed by atoms with Gasteiger partial charge in [-0.2, -0.15) is 0 Å². The molecule has 0 aliphatic heterocycles. The minimum Gasteiger partial charge on any atom is -0.374 e. The van der Waals surface area contributed by atoms with E-state index in [9.17, 15) is 0 Å². The van der Waals surface area contributed by atoms with E-state index in [1.165, 1.54) is 11.3 Å². The first-order valence-electron chi connectivity index (χ1n) is 6.74. The second-order valence-corrected chi connectivity index (χ2v) is 5.88. The number of nitrogens with two attached hydrogens (primary N) is 1. The molecule has 1 aromatic carbocycles. The maximum Gasteiger partial charge on any atom is 0.203 e. The van der Waals surface area contributed by atoms with Crippen molar-refractivity contribution in [3.63, 3.8) is 0 Å². The summed E-state index contributed by atoms with van der Waals surface area (Å²) in [6, 6.07) is 10.0. The van der Waals surface area contributed by atoms with Gasteiger partial charge in [-0.3, -0.25) is 4.98 Å². The summed E-state index contributed by atoms with van der Waals surface area (Å²) >= 11 is 1.39. The number of aromatic nitrogens is 5. The molecule has 0 spiro atoms. The fraction of sp³-hybridized carbons (Fsp3) is 0.0667. The summed E-state index contributed by atoms with van der Waals surface area (Å²) in [4.78, 5) is 8.89. The Labute approximate surface area is 130 Å². The van der Waals surface area contributed by atoms with Gasteiger partial charge in [-0.05, 0) is 12.1 Å². The molecule has 0 saturated heterocycles. The Bertz CT molecular complexity index is 937. The fourth-order valence-corrected chi connectivity index (χ4v) is 3.06. The number of benzene rings is 1. The van der Waals surface area contributed by atoms with Crippen LogP contribution in [0.3, 0.4) is 0 Å². The topological polar surface area (TPSA) is 82.5 Å². The van der Waals surface area contributed by atoms with E-state index < -0.39 is 0 Å². The summed E-state index contributed by atoms with van der Waals surface area (Å²) in [6.45, 7) is 0.598. The van der Waals surface area contributed by atoms with Gasteiger partial charge in [-0.25, -0.2) is 4.98 Å². The first-order valence-corrected chi connectivity index (χ1v) is 7.56. The molecule has 4 rings (SSSR count). The van der Waals surface area contributed by atoms with Crippen molar-refractivity contribution in [1.82, 2.24) is 24.7 Å². The minimum absolute atomic E-state index is 0.478. The smallest absolute Gasteiger partial charge is 0.203 e. The molecule has 6 nitrogen and oxygen atoms in total. The van der Waals surface area contributed by atoms with Crippen LogP contribution < -0.4 is 5.73 Å². The van der Waals surface area contributed by atoms with Gasteiger partial charge in [0.05, 0.1) is 12.1 Å². The number of rotatable bonds is 3. The summed E-state index contributed by atoms with van der Waals surface area (Å²) < 4.78 is 2.04. The van der Waals surface area contributed by atoms with E-state index in [-0.39, 0.29) is 0 Å². The molecule has 0 fully saturated rings. The van der Waals surface area contributed by atoms with Crippen LogP contribution in [0.4, 0.5) is 5.13 Å². The molecule has 0 aliphatic carbocycles. The number of hydrogen-bond acceptors (Lipinski definition) is 6. The maximum absolute atomic E-state index is 5.64. The number of pyridine rings is 1. The van der Waals surface area contributed by atoms with Gasteiger partial charge in [0, 0.05) is 29.5 Å². The van der Waals surface area contributed by atoms with Gasteiger partial charge in [0.15, 0.2) is 0 Å². The molecule has 3 heterocycles. The average Bonchev–Trinajstić information content (AvgIpc) is 3.16. The third kappa shape index (κ3) is 2.21. The molecule has 108 valence electrons. The van der Waals surface area contributed by atoms with Crippen molar-refractivity contribution in [2.24, 2.45) is 0 Å². The molecule has 0 amide bonds. The predicted octanol–water partition coefficient (Wildman–Crippen LogP) is 2.58. The maximum atomic E-state index is 5.64. The summed E-state index contributed by atoms with van der Waals surface area (Å²) in [5, 5.41) is 10.3. The van der Waals surface area contributed by atoms with Crippen molar-refractivity contribution < 1.29 is 0 Å². The zero-order valence-electron chi connectivity index (χ0n) is 11.5. The Morgan fingerprint density at radius 3 is 2.86 bits per heavy atom. The molecule has 2 N–H and O–H groups in total. The lowest BCUT2D eigenvalue weighted by Gasteiger charge is -2.08. The lowest BCUT2D eigenvalue weighted by atomic mass is 10.1. The van der Waals surface area contributed by atoms with E-state index in [4.69, 9.17) is 5.73 Å². The molecule has 4 aromatic rings. The van der Waals surface area contributed by atoms with Crippen LogP contribution >= 0.6 is 11.3 Å². The Balaban J connectivity index is 1.81. The normalized spacial score (nSPS) is 11.1. The predicted molar refractivity (Wildman–Crippen MR) is 86.4 cm³/mol. The number of anilines is 1. The zero-order valence-corrected chi connectivity index (χ0v) is 12.4. The number of imidazole rings is 1. The Hall–Kier alpha value is -2.80.